The van der Waals surface area contributed by atoms with Crippen LogP contribution in [0.3, 0.4) is 0 Å². The van der Waals surface area contributed by atoms with Crippen LogP contribution in [0.4, 0.5) is 5.82 Å². The quantitative estimate of drug-likeness (QED) is 0.846. The first-order chi connectivity index (χ1) is 12.7. The summed E-state index contributed by atoms with van der Waals surface area (Å²) < 4.78 is 5.21. The first kappa shape index (κ1) is 16.8. The Labute approximate surface area is 153 Å². The Hall–Kier alpha value is -2.63. The van der Waals surface area contributed by atoms with Gasteiger partial charge in [0, 0.05) is 43.7 Å². The van der Waals surface area contributed by atoms with Crippen LogP contribution in [0, 0.1) is 5.92 Å². The Bertz CT molecular complexity index is 766. The third-order valence-electron chi connectivity index (χ3n) is 5.41. The smallest absolute Gasteiger partial charge is 0.225 e. The number of rotatable bonds is 4. The summed E-state index contributed by atoms with van der Waals surface area (Å²) in [5.41, 5.74) is 1.93. The molecule has 6 heteroatoms. The van der Waals surface area contributed by atoms with Crippen LogP contribution < -0.4 is 9.64 Å². The van der Waals surface area contributed by atoms with Gasteiger partial charge in [-0.25, -0.2) is 9.97 Å². The Balaban J connectivity index is 1.43. The highest BCUT2D eigenvalue weighted by atomic mass is 16.5. The molecule has 26 heavy (non-hydrogen) atoms. The first-order valence-electron chi connectivity index (χ1n) is 9.25. The molecular weight excluding hydrogens is 328 g/mol. The molecule has 0 bridgehead atoms. The lowest BCUT2D eigenvalue weighted by Crippen LogP contribution is -2.51. The zero-order valence-corrected chi connectivity index (χ0v) is 15.1. The van der Waals surface area contributed by atoms with Crippen LogP contribution >= 0.6 is 0 Å². The highest BCUT2D eigenvalue weighted by Gasteiger charge is 2.31. The normalized spacial score (nSPS) is 17.7. The van der Waals surface area contributed by atoms with Crippen LogP contribution in [-0.4, -0.2) is 54.1 Å². The van der Waals surface area contributed by atoms with Gasteiger partial charge in [0.1, 0.15) is 17.9 Å². The van der Waals surface area contributed by atoms with E-state index in [9.17, 15) is 4.79 Å². The second kappa shape index (κ2) is 7.32. The van der Waals surface area contributed by atoms with Gasteiger partial charge in [0.2, 0.25) is 5.91 Å². The van der Waals surface area contributed by atoms with E-state index in [0.717, 1.165) is 61.8 Å². The molecule has 2 aromatic rings. The number of benzene rings is 1. The molecule has 1 amide bonds. The molecule has 1 aromatic carbocycles. The Morgan fingerprint density at radius 1 is 1.08 bits per heavy atom. The van der Waals surface area contributed by atoms with Gasteiger partial charge in [-0.3, -0.25) is 4.79 Å². The fraction of sp³-hybridized carbons (Fsp3) is 0.450. The summed E-state index contributed by atoms with van der Waals surface area (Å²) in [7, 11) is 1.66. The molecule has 0 N–H and O–H groups in total. The molecule has 1 saturated heterocycles. The summed E-state index contributed by atoms with van der Waals surface area (Å²) in [6.45, 7) is 3.18. The van der Waals surface area contributed by atoms with Crippen molar-refractivity contribution in [2.75, 3.05) is 38.2 Å². The largest absolute Gasteiger partial charge is 0.497 e. The minimum atomic E-state index is 0.280. The standard InChI is InChI=1S/C20H24N4O2/c1-26-17-7-5-15(6-8-17)18-13-19(22-14-21-18)23-9-11-24(12-10-23)20(25)16-3-2-4-16/h5-8,13-14,16H,2-4,9-12H2,1H3. The average molecular weight is 352 g/mol. The van der Waals surface area contributed by atoms with E-state index in [1.54, 1.807) is 13.4 Å². The molecule has 2 heterocycles. The van der Waals surface area contributed by atoms with Crippen LogP contribution in [-0.2, 0) is 4.79 Å². The van der Waals surface area contributed by atoms with Gasteiger partial charge < -0.3 is 14.5 Å². The molecule has 136 valence electrons. The van der Waals surface area contributed by atoms with Gasteiger partial charge in [0.15, 0.2) is 0 Å². The molecule has 0 atom stereocenters. The Morgan fingerprint density at radius 2 is 1.81 bits per heavy atom. The number of aromatic nitrogens is 2. The minimum absolute atomic E-state index is 0.280. The van der Waals surface area contributed by atoms with Crippen molar-refractivity contribution in [3.63, 3.8) is 0 Å². The van der Waals surface area contributed by atoms with E-state index in [2.05, 4.69) is 14.9 Å². The molecule has 1 saturated carbocycles. The number of piperazine rings is 1. The zero-order valence-electron chi connectivity index (χ0n) is 15.1. The van der Waals surface area contributed by atoms with Gasteiger partial charge in [-0.15, -0.1) is 0 Å². The number of hydrogen-bond acceptors (Lipinski definition) is 5. The van der Waals surface area contributed by atoms with Gasteiger partial charge >= 0.3 is 0 Å². The number of methoxy groups -OCH3 is 1. The maximum Gasteiger partial charge on any atom is 0.225 e. The van der Waals surface area contributed by atoms with Crippen LogP contribution in [0.2, 0.25) is 0 Å². The lowest BCUT2D eigenvalue weighted by molar-refractivity contribution is -0.138. The number of ether oxygens (including phenoxy) is 1. The van der Waals surface area contributed by atoms with Crippen molar-refractivity contribution in [1.29, 1.82) is 0 Å². The zero-order chi connectivity index (χ0) is 17.9. The Kier molecular flexibility index (Phi) is 4.73. The number of carbonyl (C=O) groups is 1. The summed E-state index contributed by atoms with van der Waals surface area (Å²) >= 11 is 0. The van der Waals surface area contributed by atoms with E-state index >= 15 is 0 Å². The SMILES string of the molecule is COc1ccc(-c2cc(N3CCN(C(=O)C4CCC4)CC3)ncn2)cc1. The number of carbonyl (C=O) groups excluding carboxylic acids is 1. The van der Waals surface area contributed by atoms with Crippen molar-refractivity contribution >= 4 is 11.7 Å². The highest BCUT2D eigenvalue weighted by molar-refractivity contribution is 5.80. The van der Waals surface area contributed by atoms with E-state index < -0.39 is 0 Å². The molecule has 1 aliphatic carbocycles. The predicted molar refractivity (Wildman–Crippen MR) is 100 cm³/mol. The summed E-state index contributed by atoms with van der Waals surface area (Å²) in [6, 6.07) is 9.88. The Morgan fingerprint density at radius 3 is 2.42 bits per heavy atom. The molecule has 4 rings (SSSR count). The number of anilines is 1. The number of hydrogen-bond donors (Lipinski definition) is 0. The van der Waals surface area contributed by atoms with Crippen LogP contribution in [0.1, 0.15) is 19.3 Å². The van der Waals surface area contributed by atoms with Crippen molar-refractivity contribution in [1.82, 2.24) is 14.9 Å². The second-order valence-electron chi connectivity index (χ2n) is 6.93. The minimum Gasteiger partial charge on any atom is -0.497 e. The molecule has 0 spiro atoms. The van der Waals surface area contributed by atoms with Gasteiger partial charge in [-0.2, -0.15) is 0 Å². The summed E-state index contributed by atoms with van der Waals surface area (Å²) in [5, 5.41) is 0. The first-order valence-corrected chi connectivity index (χ1v) is 9.25. The van der Waals surface area contributed by atoms with Gasteiger partial charge in [0.25, 0.3) is 0 Å². The third kappa shape index (κ3) is 3.36. The molecule has 2 fully saturated rings. The summed E-state index contributed by atoms with van der Waals surface area (Å²) in [5.74, 6) is 2.37. The van der Waals surface area contributed by atoms with Crippen molar-refractivity contribution in [3.8, 4) is 17.0 Å². The number of amides is 1. The van der Waals surface area contributed by atoms with Crippen LogP contribution in [0.25, 0.3) is 11.3 Å². The van der Waals surface area contributed by atoms with Gasteiger partial charge in [-0.05, 0) is 37.1 Å². The van der Waals surface area contributed by atoms with E-state index in [4.69, 9.17) is 4.74 Å². The second-order valence-corrected chi connectivity index (χ2v) is 6.93. The fourth-order valence-corrected chi connectivity index (χ4v) is 3.51. The monoisotopic (exact) mass is 352 g/mol. The highest BCUT2D eigenvalue weighted by Crippen LogP contribution is 2.29. The van der Waals surface area contributed by atoms with Crippen LogP contribution in [0.15, 0.2) is 36.7 Å². The molecule has 1 aromatic heterocycles. The fourth-order valence-electron chi connectivity index (χ4n) is 3.51. The van der Waals surface area contributed by atoms with E-state index in [0.29, 0.717) is 5.91 Å². The maximum atomic E-state index is 12.4. The summed E-state index contributed by atoms with van der Waals surface area (Å²) in [6.07, 6.45) is 4.94. The molecule has 0 unspecified atom stereocenters. The maximum absolute atomic E-state index is 12.4. The van der Waals surface area contributed by atoms with E-state index in [-0.39, 0.29) is 5.92 Å². The van der Waals surface area contributed by atoms with Crippen molar-refractivity contribution in [2.45, 2.75) is 19.3 Å². The molecule has 6 nitrogen and oxygen atoms in total. The average Bonchev–Trinajstić information content (AvgIpc) is 2.67. The molecular formula is C20H24N4O2. The lowest BCUT2D eigenvalue weighted by Gasteiger charge is -2.38. The van der Waals surface area contributed by atoms with Crippen molar-refractivity contribution in [2.24, 2.45) is 5.92 Å². The van der Waals surface area contributed by atoms with Crippen LogP contribution in [0.5, 0.6) is 5.75 Å². The third-order valence-corrected chi connectivity index (χ3v) is 5.41. The summed E-state index contributed by atoms with van der Waals surface area (Å²) in [4.78, 5) is 25.5. The molecule has 0 radical (unpaired) electrons. The predicted octanol–water partition coefficient (Wildman–Crippen LogP) is 2.60. The van der Waals surface area contributed by atoms with E-state index in [1.807, 2.05) is 35.2 Å². The van der Waals surface area contributed by atoms with Crippen molar-refractivity contribution < 1.29 is 9.53 Å². The number of nitrogens with zero attached hydrogens (tertiary/aromatic N) is 4. The van der Waals surface area contributed by atoms with Crippen molar-refractivity contribution in [3.05, 3.63) is 36.7 Å². The lowest BCUT2D eigenvalue weighted by atomic mass is 9.84. The topological polar surface area (TPSA) is 58.6 Å². The molecule has 2 aliphatic rings. The van der Waals surface area contributed by atoms with Gasteiger partial charge in [-0.1, -0.05) is 6.42 Å². The molecule has 1 aliphatic heterocycles. The van der Waals surface area contributed by atoms with Gasteiger partial charge in [0.05, 0.1) is 12.8 Å². The van der Waals surface area contributed by atoms with E-state index in [1.165, 1.54) is 6.42 Å².